The number of nitrogens with zero attached hydrogens (tertiary/aromatic N) is 7. The van der Waals surface area contributed by atoms with E-state index in [4.69, 9.17) is 4.74 Å². The minimum atomic E-state index is -0.370. The van der Waals surface area contributed by atoms with Crippen LogP contribution in [0.25, 0.3) is 28.0 Å². The van der Waals surface area contributed by atoms with Crippen molar-refractivity contribution in [3.05, 3.63) is 66.5 Å². The number of piperazine rings is 1. The van der Waals surface area contributed by atoms with E-state index in [-0.39, 0.29) is 18.0 Å². The lowest BCUT2D eigenvalue weighted by Gasteiger charge is -2.40. The van der Waals surface area contributed by atoms with Gasteiger partial charge in [-0.25, -0.2) is 24.1 Å². The van der Waals surface area contributed by atoms with Crippen LogP contribution in [-0.4, -0.2) is 62.8 Å². The molecule has 0 N–H and O–H groups in total. The minimum absolute atomic E-state index is 0.0712. The van der Waals surface area contributed by atoms with Crippen molar-refractivity contribution in [1.82, 2.24) is 24.4 Å². The molecule has 0 radical (unpaired) electrons. The first-order valence-corrected chi connectivity index (χ1v) is 11.7. The molecule has 9 nitrogen and oxygen atoms in total. The van der Waals surface area contributed by atoms with Gasteiger partial charge in [-0.3, -0.25) is 4.57 Å². The van der Waals surface area contributed by atoms with Crippen LogP contribution >= 0.6 is 0 Å². The van der Waals surface area contributed by atoms with Crippen LogP contribution in [0.1, 0.15) is 19.4 Å². The minimum Gasteiger partial charge on any atom is -0.450 e. The van der Waals surface area contributed by atoms with Gasteiger partial charge in [0.05, 0.1) is 23.6 Å². The molecular weight excluding hydrogens is 461 g/mol. The second kappa shape index (κ2) is 9.62. The molecule has 1 atom stereocenters. The number of rotatable bonds is 4. The van der Waals surface area contributed by atoms with Gasteiger partial charge in [0, 0.05) is 49.2 Å². The molecule has 0 bridgehead atoms. The summed E-state index contributed by atoms with van der Waals surface area (Å²) in [4.78, 5) is 29.6. The maximum atomic E-state index is 15.0. The summed E-state index contributed by atoms with van der Waals surface area (Å²) >= 11 is 0. The number of benzene rings is 1. The predicted molar refractivity (Wildman–Crippen MR) is 132 cm³/mol. The Hall–Kier alpha value is -4.52. The molecular formula is C26H24FN7O2. The van der Waals surface area contributed by atoms with E-state index in [1.165, 1.54) is 12.4 Å². The van der Waals surface area contributed by atoms with Crippen LogP contribution in [0, 0.1) is 17.1 Å². The van der Waals surface area contributed by atoms with Gasteiger partial charge in [-0.2, -0.15) is 5.26 Å². The highest BCUT2D eigenvalue weighted by Crippen LogP contribution is 2.38. The topological polar surface area (TPSA) is 100 Å². The number of nitriles is 1. The van der Waals surface area contributed by atoms with Crippen LogP contribution in [0.4, 0.5) is 15.0 Å². The van der Waals surface area contributed by atoms with Crippen LogP contribution in [0.15, 0.2) is 55.1 Å². The molecule has 10 heteroatoms. The van der Waals surface area contributed by atoms with E-state index in [1.807, 2.05) is 6.92 Å². The third kappa shape index (κ3) is 4.09. The zero-order chi connectivity index (χ0) is 25.2. The van der Waals surface area contributed by atoms with Gasteiger partial charge in [0.2, 0.25) is 0 Å². The molecule has 1 fully saturated rings. The van der Waals surface area contributed by atoms with Gasteiger partial charge >= 0.3 is 6.09 Å². The number of halogens is 1. The lowest BCUT2D eigenvalue weighted by molar-refractivity contribution is 0.100. The molecule has 4 aromatic rings. The fourth-order valence-corrected chi connectivity index (χ4v) is 4.59. The molecule has 36 heavy (non-hydrogen) atoms. The number of pyridine rings is 1. The van der Waals surface area contributed by atoms with E-state index in [1.54, 1.807) is 59.1 Å². The molecule has 5 rings (SSSR count). The molecule has 4 heterocycles. The fourth-order valence-electron chi connectivity index (χ4n) is 4.59. The van der Waals surface area contributed by atoms with Gasteiger partial charge in [-0.15, -0.1) is 0 Å². The number of aromatic nitrogens is 4. The standard InChI is InChI=1S/C26H24FN7O2/c1-3-36-26(35)32-10-11-33(17(2)14-32)24-23-20(19-6-4-5-7-21(19)27)15-34(25(23)31-16-30-24)22-12-18(13-28)8-9-29-22/h4-9,12,15-17H,3,10-11,14H2,1-2H3. The highest BCUT2D eigenvalue weighted by Gasteiger charge is 2.31. The Morgan fingerprint density at radius 2 is 2.03 bits per heavy atom. The molecule has 1 unspecified atom stereocenters. The monoisotopic (exact) mass is 485 g/mol. The molecule has 0 saturated carbocycles. The molecule has 1 amide bonds. The Morgan fingerprint density at radius 1 is 1.19 bits per heavy atom. The van der Waals surface area contributed by atoms with Gasteiger partial charge in [0.15, 0.2) is 5.65 Å². The second-order valence-corrected chi connectivity index (χ2v) is 8.49. The summed E-state index contributed by atoms with van der Waals surface area (Å²) in [6.07, 6.45) is 4.47. The number of amides is 1. The Labute approximate surface area is 207 Å². The number of carbonyl (C=O) groups is 1. The summed E-state index contributed by atoms with van der Waals surface area (Å²) in [5, 5.41) is 10.0. The van der Waals surface area contributed by atoms with Gasteiger partial charge < -0.3 is 14.5 Å². The summed E-state index contributed by atoms with van der Waals surface area (Å²) in [5.41, 5.74) is 2.02. The maximum absolute atomic E-state index is 15.0. The largest absolute Gasteiger partial charge is 0.450 e. The van der Waals surface area contributed by atoms with Crippen molar-refractivity contribution in [2.24, 2.45) is 0 Å². The summed E-state index contributed by atoms with van der Waals surface area (Å²) in [6.45, 7) is 5.57. The number of ether oxygens (including phenoxy) is 1. The number of hydrogen-bond acceptors (Lipinski definition) is 7. The smallest absolute Gasteiger partial charge is 0.409 e. The molecule has 1 aliphatic rings. The lowest BCUT2D eigenvalue weighted by Crippen LogP contribution is -2.54. The SMILES string of the molecule is CCOC(=O)N1CCN(c2ncnc3c2c(-c2ccccc2F)cn3-c2cc(C#N)ccn2)C(C)C1. The zero-order valence-electron chi connectivity index (χ0n) is 19.9. The highest BCUT2D eigenvalue weighted by molar-refractivity contribution is 6.02. The number of anilines is 1. The zero-order valence-corrected chi connectivity index (χ0v) is 19.9. The van der Waals surface area contributed by atoms with E-state index in [2.05, 4.69) is 25.9 Å². The van der Waals surface area contributed by atoms with E-state index in [0.717, 1.165) is 0 Å². The van der Waals surface area contributed by atoms with Gasteiger partial charge in [-0.1, -0.05) is 18.2 Å². The van der Waals surface area contributed by atoms with Crippen LogP contribution in [0.5, 0.6) is 0 Å². The molecule has 1 aromatic carbocycles. The second-order valence-electron chi connectivity index (χ2n) is 8.49. The van der Waals surface area contributed by atoms with Gasteiger partial charge in [-0.05, 0) is 32.0 Å². The quantitative estimate of drug-likeness (QED) is 0.428. The van der Waals surface area contributed by atoms with E-state index >= 15 is 4.39 Å². The Balaban J connectivity index is 1.67. The summed E-state index contributed by atoms with van der Waals surface area (Å²) in [6, 6.07) is 11.9. The lowest BCUT2D eigenvalue weighted by atomic mass is 10.0. The van der Waals surface area contributed by atoms with Crippen molar-refractivity contribution in [1.29, 1.82) is 5.26 Å². The number of hydrogen-bond donors (Lipinski definition) is 0. The van der Waals surface area contributed by atoms with E-state index in [9.17, 15) is 10.1 Å². The molecule has 3 aromatic heterocycles. The first-order chi connectivity index (χ1) is 17.5. The Kier molecular flexibility index (Phi) is 6.21. The Morgan fingerprint density at radius 3 is 2.78 bits per heavy atom. The van der Waals surface area contributed by atoms with Crippen LogP contribution in [0.2, 0.25) is 0 Å². The van der Waals surface area contributed by atoms with Crippen molar-refractivity contribution >= 4 is 22.9 Å². The van der Waals surface area contributed by atoms with Crippen molar-refractivity contribution in [2.75, 3.05) is 31.1 Å². The van der Waals surface area contributed by atoms with Crippen LogP contribution in [-0.2, 0) is 4.74 Å². The van der Waals surface area contributed by atoms with E-state index < -0.39 is 0 Å². The fraction of sp³-hybridized carbons (Fsp3) is 0.269. The van der Waals surface area contributed by atoms with Crippen LogP contribution < -0.4 is 4.90 Å². The normalized spacial score (nSPS) is 15.7. The third-order valence-corrected chi connectivity index (χ3v) is 6.27. The highest BCUT2D eigenvalue weighted by atomic mass is 19.1. The number of carbonyl (C=O) groups excluding carboxylic acids is 1. The first kappa shape index (κ1) is 23.2. The molecule has 0 aliphatic carbocycles. The molecule has 0 spiro atoms. The molecule has 1 saturated heterocycles. The van der Waals surface area contributed by atoms with Crippen molar-refractivity contribution < 1.29 is 13.9 Å². The Bertz CT molecular complexity index is 1480. The van der Waals surface area contributed by atoms with Gasteiger partial charge in [0.25, 0.3) is 0 Å². The van der Waals surface area contributed by atoms with Crippen LogP contribution in [0.3, 0.4) is 0 Å². The predicted octanol–water partition coefficient (Wildman–Crippen LogP) is 4.16. The first-order valence-electron chi connectivity index (χ1n) is 11.7. The summed E-state index contributed by atoms with van der Waals surface area (Å²) in [5.74, 6) is 0.765. The maximum Gasteiger partial charge on any atom is 0.409 e. The average Bonchev–Trinajstić information content (AvgIpc) is 3.29. The molecule has 182 valence electrons. The third-order valence-electron chi connectivity index (χ3n) is 6.27. The van der Waals surface area contributed by atoms with Crippen molar-refractivity contribution in [2.45, 2.75) is 19.9 Å². The summed E-state index contributed by atoms with van der Waals surface area (Å²) in [7, 11) is 0. The molecule has 1 aliphatic heterocycles. The van der Waals surface area contributed by atoms with Gasteiger partial charge in [0.1, 0.15) is 23.8 Å². The summed E-state index contributed by atoms with van der Waals surface area (Å²) < 4.78 is 21.9. The van der Waals surface area contributed by atoms with Crippen molar-refractivity contribution in [3.8, 4) is 23.0 Å². The van der Waals surface area contributed by atoms with E-state index in [0.29, 0.717) is 65.6 Å². The number of fused-ring (bicyclic) bond motifs is 1. The van der Waals surface area contributed by atoms with Crippen molar-refractivity contribution in [3.63, 3.8) is 0 Å². The average molecular weight is 486 g/mol.